The first kappa shape index (κ1) is 6.45. The lowest BCUT2D eigenvalue weighted by Gasteiger charge is -1.99. The summed E-state index contributed by atoms with van der Waals surface area (Å²) < 4.78 is 0. The highest BCUT2D eigenvalue weighted by Crippen LogP contribution is 1.64. The zero-order valence-electron chi connectivity index (χ0n) is 3.74. The number of nitrogens with two attached hydrogens (primary N) is 1. The lowest BCUT2D eigenvalue weighted by atomic mass is 11.4. The molecule has 0 unspecified atom stereocenters. The first-order valence-electron chi connectivity index (χ1n) is 1.52. The zero-order valence-corrected chi connectivity index (χ0v) is 3.74. The average Bonchev–Trinajstić information content (AvgIpc) is 1.67. The Hall–Kier alpha value is -1.55. The summed E-state index contributed by atoms with van der Waals surface area (Å²) in [4.78, 5) is 9.48. The van der Waals surface area contributed by atoms with Gasteiger partial charge < -0.3 is 0 Å². The van der Waals surface area contributed by atoms with Crippen LogP contribution in [0.2, 0.25) is 0 Å². The Balaban J connectivity index is 3.52. The van der Waals surface area contributed by atoms with E-state index < -0.39 is 5.03 Å². The molecule has 0 aromatic rings. The number of nitro groups is 1. The normalized spacial score (nSPS) is 7.00. The third kappa shape index (κ3) is 1.78. The highest BCUT2D eigenvalue weighted by molar-refractivity contribution is 4.55. The molecule has 0 bridgehead atoms. The van der Waals surface area contributed by atoms with Crippen LogP contribution in [0.4, 0.5) is 0 Å². The number of hydrazine groups is 3. The van der Waals surface area contributed by atoms with E-state index in [2.05, 4.69) is 5.84 Å². The van der Waals surface area contributed by atoms with Crippen LogP contribution in [0.15, 0.2) is 0 Å². The summed E-state index contributed by atoms with van der Waals surface area (Å²) in [7, 11) is 0. The van der Waals surface area contributed by atoms with Crippen molar-refractivity contribution in [2.75, 3.05) is 0 Å². The van der Waals surface area contributed by atoms with Crippen LogP contribution in [0, 0.1) is 21.6 Å². The molecule has 0 atom stereocenters. The average molecular weight is 117 g/mol. The lowest BCUT2D eigenvalue weighted by Crippen LogP contribution is -2.45. The Labute approximate surface area is 44.3 Å². The van der Waals surface area contributed by atoms with E-state index in [9.17, 15) is 10.1 Å². The van der Waals surface area contributed by atoms with Crippen molar-refractivity contribution >= 4 is 0 Å². The van der Waals surface area contributed by atoms with E-state index in [1.165, 1.54) is 6.19 Å². The highest BCUT2D eigenvalue weighted by atomic mass is 16.7. The summed E-state index contributed by atoms with van der Waals surface area (Å²) in [5.41, 5.74) is 1.56. The van der Waals surface area contributed by atoms with Gasteiger partial charge in [0.1, 0.15) is 0 Å². The van der Waals surface area contributed by atoms with Crippen LogP contribution in [0.5, 0.6) is 0 Å². The van der Waals surface area contributed by atoms with E-state index in [0.29, 0.717) is 0 Å². The molecule has 0 radical (unpaired) electrons. The molecule has 0 fully saturated rings. The van der Waals surface area contributed by atoms with Gasteiger partial charge in [0, 0.05) is 0 Å². The van der Waals surface area contributed by atoms with E-state index in [4.69, 9.17) is 5.26 Å². The van der Waals surface area contributed by atoms with Crippen LogP contribution >= 0.6 is 0 Å². The molecule has 0 aromatic heterocycles. The van der Waals surface area contributed by atoms with Crippen molar-refractivity contribution < 1.29 is 5.03 Å². The summed E-state index contributed by atoms with van der Waals surface area (Å²) in [6, 6.07) is 0. The van der Waals surface area contributed by atoms with Gasteiger partial charge in [-0.05, 0) is 0 Å². The molecule has 7 nitrogen and oxygen atoms in total. The van der Waals surface area contributed by atoms with E-state index in [1.54, 1.807) is 5.43 Å². The van der Waals surface area contributed by atoms with Crippen molar-refractivity contribution in [2.45, 2.75) is 0 Å². The number of rotatable bonds is 2. The Morgan fingerprint density at radius 1 is 2.00 bits per heavy atom. The molecule has 0 spiro atoms. The molecule has 0 saturated heterocycles. The van der Waals surface area contributed by atoms with Gasteiger partial charge in [-0.2, -0.15) is 16.5 Å². The number of hydrogen-bond donors (Lipinski definition) is 2. The van der Waals surface area contributed by atoms with Crippen molar-refractivity contribution in [2.24, 2.45) is 5.84 Å². The summed E-state index contributed by atoms with van der Waals surface area (Å²) >= 11 is 0. The second-order valence-corrected chi connectivity index (χ2v) is 0.806. The molecule has 0 saturated carbocycles. The molecule has 0 aliphatic rings. The fraction of sp³-hybridized carbons (Fsp3) is 0. The molecule has 44 valence electrons. The Bertz CT molecular complexity index is 125. The third-order valence-electron chi connectivity index (χ3n) is 0.340. The predicted octanol–water partition coefficient (Wildman–Crippen LogP) is -1.66. The molecular formula is CH3N5O2. The number of hydrogen-bond acceptors (Lipinski definition) is 5. The summed E-state index contributed by atoms with van der Waals surface area (Å²) in [5, 5.41) is 16.2. The number of nitrogens with zero attached hydrogens (tertiary/aromatic N) is 3. The van der Waals surface area contributed by atoms with E-state index >= 15 is 0 Å². The summed E-state index contributed by atoms with van der Waals surface area (Å²) in [6.07, 6.45) is 1.26. The highest BCUT2D eigenvalue weighted by Gasteiger charge is 2.02. The first-order valence-corrected chi connectivity index (χ1v) is 1.52. The lowest BCUT2D eigenvalue weighted by molar-refractivity contribution is -0.670. The summed E-state index contributed by atoms with van der Waals surface area (Å²) in [5.74, 6) is 4.53. The van der Waals surface area contributed by atoms with Gasteiger partial charge in [0.25, 0.3) is 0 Å². The monoisotopic (exact) mass is 117 g/mol. The Morgan fingerprint density at radius 2 is 2.50 bits per heavy atom. The van der Waals surface area contributed by atoms with Gasteiger partial charge in [0.2, 0.25) is 6.19 Å². The molecule has 0 heterocycles. The molecule has 0 aromatic carbocycles. The van der Waals surface area contributed by atoms with E-state index in [1.807, 2.05) is 0 Å². The minimum atomic E-state index is -0.969. The largest absolute Gasteiger partial charge is 0.232 e. The molecular weight excluding hydrogens is 114 g/mol. The minimum Gasteiger partial charge on any atom is -0.232 e. The fourth-order valence-corrected chi connectivity index (χ4v) is 0.0921. The van der Waals surface area contributed by atoms with Crippen LogP contribution in [0.3, 0.4) is 0 Å². The van der Waals surface area contributed by atoms with Gasteiger partial charge in [-0.15, -0.1) is 0 Å². The van der Waals surface area contributed by atoms with Crippen LogP contribution in [0.25, 0.3) is 0 Å². The maximum Gasteiger partial charge on any atom is 0.203 e. The Kier molecular flexibility index (Phi) is 2.09. The van der Waals surface area contributed by atoms with Crippen LogP contribution in [-0.2, 0) is 0 Å². The molecule has 0 rings (SSSR count). The topological polar surface area (TPSA) is 108 Å². The summed E-state index contributed by atoms with van der Waals surface area (Å²) in [6.45, 7) is 0. The fourth-order valence-electron chi connectivity index (χ4n) is 0.0921. The van der Waals surface area contributed by atoms with Gasteiger partial charge in [0.15, 0.2) is 5.03 Å². The van der Waals surface area contributed by atoms with Gasteiger partial charge in [0.05, 0.1) is 5.23 Å². The zero-order chi connectivity index (χ0) is 6.57. The van der Waals surface area contributed by atoms with Crippen molar-refractivity contribution in [1.82, 2.24) is 10.7 Å². The molecule has 0 amide bonds. The van der Waals surface area contributed by atoms with E-state index in [-0.39, 0.29) is 5.23 Å². The maximum absolute atomic E-state index is 9.48. The maximum atomic E-state index is 9.48. The smallest absolute Gasteiger partial charge is 0.203 e. The van der Waals surface area contributed by atoms with Crippen LogP contribution in [0.1, 0.15) is 0 Å². The molecule has 0 aliphatic heterocycles. The van der Waals surface area contributed by atoms with Gasteiger partial charge in [-0.3, -0.25) is 0 Å². The molecule has 7 heteroatoms. The van der Waals surface area contributed by atoms with Crippen molar-refractivity contribution in [3.05, 3.63) is 10.1 Å². The van der Waals surface area contributed by atoms with Gasteiger partial charge >= 0.3 is 0 Å². The molecule has 8 heavy (non-hydrogen) atoms. The Morgan fingerprint density at radius 3 is 2.62 bits per heavy atom. The van der Waals surface area contributed by atoms with Gasteiger partial charge in [-0.25, -0.2) is 10.1 Å². The van der Waals surface area contributed by atoms with Crippen molar-refractivity contribution in [1.29, 1.82) is 5.26 Å². The minimum absolute atomic E-state index is 0.0417. The van der Waals surface area contributed by atoms with E-state index in [0.717, 1.165) is 0 Å². The quantitative estimate of drug-likeness (QED) is 0.147. The number of nitrogens with one attached hydrogen (secondary N) is 1. The number of nitriles is 1. The second kappa shape index (κ2) is 2.59. The van der Waals surface area contributed by atoms with Crippen molar-refractivity contribution in [3.63, 3.8) is 0 Å². The molecule has 0 aliphatic carbocycles. The SMILES string of the molecule is N#CNN(N)[N+](=O)[O-]. The third-order valence-corrected chi connectivity index (χ3v) is 0.340. The standard InChI is InChI=1S/CH3N5O2/c2-1-4-5(3)6(7)8/h4H,3H2. The van der Waals surface area contributed by atoms with Crippen molar-refractivity contribution in [3.8, 4) is 6.19 Å². The van der Waals surface area contributed by atoms with Crippen LogP contribution < -0.4 is 11.3 Å². The predicted molar refractivity (Wildman–Crippen MR) is 21.8 cm³/mol. The van der Waals surface area contributed by atoms with Crippen LogP contribution in [-0.4, -0.2) is 10.3 Å². The first-order chi connectivity index (χ1) is 3.68. The molecule has 3 N–H and O–H groups in total. The van der Waals surface area contributed by atoms with Gasteiger partial charge in [-0.1, -0.05) is 0 Å². The second-order valence-electron chi connectivity index (χ2n) is 0.806.